The quantitative estimate of drug-likeness (QED) is 0.906. The molecule has 1 N–H and O–H groups in total. The fourth-order valence-corrected chi connectivity index (χ4v) is 4.46. The summed E-state index contributed by atoms with van der Waals surface area (Å²) in [6.45, 7) is 7.50. The lowest BCUT2D eigenvalue weighted by Gasteiger charge is -2.26. The van der Waals surface area contributed by atoms with E-state index >= 15 is 0 Å². The van der Waals surface area contributed by atoms with Gasteiger partial charge < -0.3 is 5.32 Å². The Morgan fingerprint density at radius 3 is 2.75 bits per heavy atom. The highest BCUT2D eigenvalue weighted by atomic mass is 32.2. The summed E-state index contributed by atoms with van der Waals surface area (Å²) in [6, 6.07) is 3.46. The van der Waals surface area contributed by atoms with Gasteiger partial charge in [-0.3, -0.25) is 0 Å². The van der Waals surface area contributed by atoms with Crippen molar-refractivity contribution in [2.75, 3.05) is 18.4 Å². The monoisotopic (exact) mass is 297 g/mol. The van der Waals surface area contributed by atoms with Crippen LogP contribution in [0.15, 0.2) is 23.2 Å². The van der Waals surface area contributed by atoms with Gasteiger partial charge in [0.1, 0.15) is 10.7 Å². The second-order valence-corrected chi connectivity index (χ2v) is 7.37. The van der Waals surface area contributed by atoms with Gasteiger partial charge in [-0.1, -0.05) is 13.8 Å². The number of pyridine rings is 1. The summed E-state index contributed by atoms with van der Waals surface area (Å²) in [6.07, 6.45) is 3.33. The molecule has 6 heteroatoms. The van der Waals surface area contributed by atoms with E-state index in [-0.39, 0.29) is 10.9 Å². The number of nitrogens with one attached hydrogen (secondary N) is 1. The van der Waals surface area contributed by atoms with Gasteiger partial charge in [-0.15, -0.1) is 0 Å². The normalized spacial score (nSPS) is 20.5. The SMILES string of the molecule is CCNc1ccc(S(=O)(=O)N2CCCC2C(C)C)cn1. The Morgan fingerprint density at radius 2 is 2.20 bits per heavy atom. The molecule has 2 heterocycles. The molecule has 0 aromatic carbocycles. The number of rotatable bonds is 5. The molecular formula is C14H23N3O2S. The Balaban J connectivity index is 2.25. The standard InChI is InChI=1S/C14H23N3O2S/c1-4-15-14-8-7-12(10-16-14)20(18,19)17-9-5-6-13(17)11(2)3/h7-8,10-11,13H,4-6,9H2,1-3H3,(H,15,16). The van der Waals surface area contributed by atoms with Gasteiger partial charge in [0, 0.05) is 25.3 Å². The highest BCUT2D eigenvalue weighted by molar-refractivity contribution is 7.89. The Kier molecular flexibility index (Phi) is 4.65. The van der Waals surface area contributed by atoms with E-state index in [4.69, 9.17) is 0 Å². The third kappa shape index (κ3) is 2.96. The maximum absolute atomic E-state index is 12.7. The van der Waals surface area contributed by atoms with Crippen LogP contribution >= 0.6 is 0 Å². The number of aromatic nitrogens is 1. The van der Waals surface area contributed by atoms with Gasteiger partial charge in [-0.2, -0.15) is 4.31 Å². The minimum atomic E-state index is -3.42. The van der Waals surface area contributed by atoms with E-state index < -0.39 is 10.0 Å². The Labute approximate surface area is 121 Å². The van der Waals surface area contributed by atoms with Crippen molar-refractivity contribution in [1.82, 2.24) is 9.29 Å². The largest absolute Gasteiger partial charge is 0.370 e. The molecule has 1 unspecified atom stereocenters. The Hall–Kier alpha value is -1.14. The number of hydrogen-bond acceptors (Lipinski definition) is 4. The molecular weight excluding hydrogens is 274 g/mol. The molecule has 1 aliphatic rings. The fourth-order valence-electron chi connectivity index (χ4n) is 2.68. The van der Waals surface area contributed by atoms with Gasteiger partial charge in [0.15, 0.2) is 0 Å². The van der Waals surface area contributed by atoms with Gasteiger partial charge in [0.25, 0.3) is 0 Å². The first-order valence-electron chi connectivity index (χ1n) is 7.18. The minimum Gasteiger partial charge on any atom is -0.370 e. The van der Waals surface area contributed by atoms with E-state index in [1.54, 1.807) is 16.4 Å². The molecule has 0 spiro atoms. The highest BCUT2D eigenvalue weighted by Gasteiger charge is 2.36. The average Bonchev–Trinajstić information content (AvgIpc) is 2.90. The van der Waals surface area contributed by atoms with Crippen LogP contribution in [0, 0.1) is 5.92 Å². The first kappa shape index (κ1) is 15.3. The average molecular weight is 297 g/mol. The molecule has 0 radical (unpaired) electrons. The van der Waals surface area contributed by atoms with Crippen LogP contribution in [0.25, 0.3) is 0 Å². The van der Waals surface area contributed by atoms with E-state index in [0.717, 1.165) is 19.4 Å². The lowest BCUT2D eigenvalue weighted by Crippen LogP contribution is -2.38. The highest BCUT2D eigenvalue weighted by Crippen LogP contribution is 2.30. The van der Waals surface area contributed by atoms with Crippen molar-refractivity contribution in [2.45, 2.75) is 44.6 Å². The molecule has 0 amide bonds. The first-order valence-corrected chi connectivity index (χ1v) is 8.62. The van der Waals surface area contributed by atoms with Crippen LogP contribution in [0.2, 0.25) is 0 Å². The number of sulfonamides is 1. The van der Waals surface area contributed by atoms with Crippen LogP contribution in [0.3, 0.4) is 0 Å². The van der Waals surface area contributed by atoms with Gasteiger partial charge >= 0.3 is 0 Å². The zero-order valence-electron chi connectivity index (χ0n) is 12.3. The molecule has 5 nitrogen and oxygen atoms in total. The van der Waals surface area contributed by atoms with E-state index in [0.29, 0.717) is 18.3 Å². The third-order valence-electron chi connectivity index (χ3n) is 3.72. The van der Waals surface area contributed by atoms with Gasteiger partial charge in [-0.05, 0) is 37.8 Å². The lowest BCUT2D eigenvalue weighted by molar-refractivity contribution is 0.315. The molecule has 0 aliphatic carbocycles. The van der Waals surface area contributed by atoms with Crippen molar-refractivity contribution in [3.8, 4) is 0 Å². The van der Waals surface area contributed by atoms with Crippen LogP contribution in [0.5, 0.6) is 0 Å². The summed E-state index contributed by atoms with van der Waals surface area (Å²) >= 11 is 0. The van der Waals surface area contributed by atoms with Crippen LogP contribution < -0.4 is 5.32 Å². The zero-order valence-corrected chi connectivity index (χ0v) is 13.2. The Bertz CT molecular complexity index is 540. The summed E-state index contributed by atoms with van der Waals surface area (Å²) in [5, 5.41) is 3.06. The fraction of sp³-hybridized carbons (Fsp3) is 0.643. The van der Waals surface area contributed by atoms with E-state index in [9.17, 15) is 8.42 Å². The Morgan fingerprint density at radius 1 is 1.45 bits per heavy atom. The van der Waals surface area contributed by atoms with Crippen molar-refractivity contribution < 1.29 is 8.42 Å². The summed E-state index contributed by atoms with van der Waals surface area (Å²) in [5.74, 6) is 1.04. The smallest absolute Gasteiger partial charge is 0.244 e. The van der Waals surface area contributed by atoms with Crippen LogP contribution in [-0.2, 0) is 10.0 Å². The predicted octanol–water partition coefficient (Wildman–Crippen LogP) is 2.32. The number of hydrogen-bond donors (Lipinski definition) is 1. The van der Waals surface area contributed by atoms with Gasteiger partial charge in [0.05, 0.1) is 0 Å². The van der Waals surface area contributed by atoms with Crippen molar-refractivity contribution in [2.24, 2.45) is 5.92 Å². The molecule has 0 bridgehead atoms. The zero-order chi connectivity index (χ0) is 14.8. The topological polar surface area (TPSA) is 62.3 Å². The molecule has 1 fully saturated rings. The minimum absolute atomic E-state index is 0.105. The van der Waals surface area contributed by atoms with Gasteiger partial charge in [0.2, 0.25) is 10.0 Å². The number of nitrogens with zero attached hydrogens (tertiary/aromatic N) is 2. The third-order valence-corrected chi connectivity index (χ3v) is 5.63. The predicted molar refractivity (Wildman–Crippen MR) is 80.2 cm³/mol. The molecule has 0 saturated carbocycles. The molecule has 1 atom stereocenters. The number of anilines is 1. The van der Waals surface area contributed by atoms with Crippen molar-refractivity contribution in [1.29, 1.82) is 0 Å². The molecule has 1 aromatic heterocycles. The molecule has 2 rings (SSSR count). The van der Waals surface area contributed by atoms with Crippen LogP contribution in [-0.4, -0.2) is 36.8 Å². The molecule has 20 heavy (non-hydrogen) atoms. The summed E-state index contributed by atoms with van der Waals surface area (Å²) in [5.41, 5.74) is 0. The lowest BCUT2D eigenvalue weighted by atomic mass is 10.0. The molecule has 112 valence electrons. The summed E-state index contributed by atoms with van der Waals surface area (Å²) < 4.78 is 27.0. The van der Waals surface area contributed by atoms with Crippen LogP contribution in [0.1, 0.15) is 33.6 Å². The second kappa shape index (κ2) is 6.10. The first-order chi connectivity index (χ1) is 9.46. The van der Waals surface area contributed by atoms with Crippen molar-refractivity contribution in [3.05, 3.63) is 18.3 Å². The van der Waals surface area contributed by atoms with Crippen LogP contribution in [0.4, 0.5) is 5.82 Å². The summed E-state index contributed by atoms with van der Waals surface area (Å²) in [4.78, 5) is 4.44. The molecule has 1 saturated heterocycles. The summed E-state index contributed by atoms with van der Waals surface area (Å²) in [7, 11) is -3.42. The van der Waals surface area contributed by atoms with Crippen molar-refractivity contribution in [3.63, 3.8) is 0 Å². The van der Waals surface area contributed by atoms with Gasteiger partial charge in [-0.25, -0.2) is 13.4 Å². The van der Waals surface area contributed by atoms with E-state index in [2.05, 4.69) is 24.1 Å². The van der Waals surface area contributed by atoms with E-state index in [1.807, 2.05) is 6.92 Å². The van der Waals surface area contributed by atoms with Crippen molar-refractivity contribution >= 4 is 15.8 Å². The molecule has 1 aromatic rings. The van der Waals surface area contributed by atoms with E-state index in [1.165, 1.54) is 6.20 Å². The maximum atomic E-state index is 12.7. The second-order valence-electron chi connectivity index (χ2n) is 5.48. The molecule has 1 aliphatic heterocycles. The maximum Gasteiger partial charge on any atom is 0.244 e.